The molecule has 0 saturated carbocycles. The van der Waals surface area contributed by atoms with E-state index >= 15 is 0 Å². The first kappa shape index (κ1) is 16.0. The Morgan fingerprint density at radius 1 is 1.38 bits per heavy atom. The minimum atomic E-state index is -0.837. The number of phenolic OH excluding ortho intramolecular Hbond substituents is 1. The SMILES string of the molecule is COc1cc(C2C(C(C)=O)=C(O)C(=O)N2c2nccs2)ccc1O. The van der Waals surface area contributed by atoms with Crippen LogP contribution in [-0.4, -0.2) is 34.0 Å². The summed E-state index contributed by atoms with van der Waals surface area (Å²) in [5.41, 5.74) is 0.505. The summed E-state index contributed by atoms with van der Waals surface area (Å²) in [6.07, 6.45) is 1.53. The second kappa shape index (κ2) is 5.97. The Kier molecular flexibility index (Phi) is 3.98. The van der Waals surface area contributed by atoms with E-state index in [2.05, 4.69) is 4.98 Å². The van der Waals surface area contributed by atoms with Gasteiger partial charge in [-0.3, -0.25) is 14.5 Å². The van der Waals surface area contributed by atoms with Crippen LogP contribution in [0.4, 0.5) is 5.13 Å². The predicted octanol–water partition coefficient (Wildman–Crippen LogP) is 2.35. The van der Waals surface area contributed by atoms with Crippen LogP contribution in [-0.2, 0) is 9.59 Å². The third-order valence-electron chi connectivity index (χ3n) is 3.73. The van der Waals surface area contributed by atoms with Gasteiger partial charge in [-0.1, -0.05) is 6.07 Å². The molecule has 1 aliphatic rings. The molecule has 0 fully saturated rings. The maximum atomic E-state index is 12.5. The zero-order valence-electron chi connectivity index (χ0n) is 12.9. The van der Waals surface area contributed by atoms with E-state index in [1.54, 1.807) is 11.4 Å². The number of nitrogens with zero attached hydrogens (tertiary/aromatic N) is 2. The van der Waals surface area contributed by atoms with E-state index in [1.165, 1.54) is 48.6 Å². The lowest BCUT2D eigenvalue weighted by Gasteiger charge is -2.24. The van der Waals surface area contributed by atoms with Gasteiger partial charge in [-0.2, -0.15) is 0 Å². The Labute approximate surface area is 141 Å². The van der Waals surface area contributed by atoms with E-state index in [9.17, 15) is 19.8 Å². The summed E-state index contributed by atoms with van der Waals surface area (Å²) in [5, 5.41) is 22.0. The number of ketones is 1. The molecule has 1 aromatic heterocycles. The van der Waals surface area contributed by atoms with Gasteiger partial charge >= 0.3 is 0 Å². The van der Waals surface area contributed by atoms with Gasteiger partial charge in [-0.25, -0.2) is 4.98 Å². The number of aromatic hydroxyl groups is 1. The zero-order valence-corrected chi connectivity index (χ0v) is 13.7. The highest BCUT2D eigenvalue weighted by Gasteiger charge is 2.44. The molecular weight excluding hydrogens is 332 g/mol. The first-order valence-corrected chi connectivity index (χ1v) is 7.87. The summed E-state index contributed by atoms with van der Waals surface area (Å²) >= 11 is 1.22. The first-order valence-electron chi connectivity index (χ1n) is 6.99. The number of carbonyl (C=O) groups is 2. The topological polar surface area (TPSA) is 100.0 Å². The Morgan fingerprint density at radius 2 is 2.12 bits per heavy atom. The van der Waals surface area contributed by atoms with Crippen molar-refractivity contribution in [1.29, 1.82) is 0 Å². The summed E-state index contributed by atoms with van der Waals surface area (Å²) in [7, 11) is 1.40. The molecule has 2 heterocycles. The molecule has 1 amide bonds. The smallest absolute Gasteiger partial charge is 0.296 e. The van der Waals surface area contributed by atoms with Gasteiger partial charge in [0.2, 0.25) is 0 Å². The van der Waals surface area contributed by atoms with E-state index in [4.69, 9.17) is 4.74 Å². The molecule has 1 atom stereocenters. The zero-order chi connectivity index (χ0) is 17.4. The number of ether oxygens (including phenoxy) is 1. The number of benzene rings is 1. The third-order valence-corrected chi connectivity index (χ3v) is 4.50. The quantitative estimate of drug-likeness (QED) is 0.881. The molecule has 1 unspecified atom stereocenters. The molecule has 24 heavy (non-hydrogen) atoms. The van der Waals surface area contributed by atoms with Gasteiger partial charge < -0.3 is 14.9 Å². The van der Waals surface area contributed by atoms with Crippen molar-refractivity contribution in [3.05, 3.63) is 46.7 Å². The second-order valence-electron chi connectivity index (χ2n) is 5.14. The fourth-order valence-corrected chi connectivity index (χ4v) is 3.34. The van der Waals surface area contributed by atoms with Gasteiger partial charge in [0.25, 0.3) is 5.91 Å². The standard InChI is InChI=1S/C16H14N2O5S/c1-8(19)12-13(9-3-4-10(20)11(7-9)23-2)18(15(22)14(12)21)16-17-5-6-24-16/h3-7,13,20-21H,1-2H3. The number of thiazole rings is 1. The highest BCUT2D eigenvalue weighted by Crippen LogP contribution is 2.43. The molecule has 2 aromatic rings. The van der Waals surface area contributed by atoms with Gasteiger partial charge in [0.1, 0.15) is 0 Å². The molecular formula is C16H14N2O5S. The van der Waals surface area contributed by atoms with Gasteiger partial charge in [-0.05, 0) is 24.6 Å². The van der Waals surface area contributed by atoms with Crippen LogP contribution >= 0.6 is 11.3 Å². The van der Waals surface area contributed by atoms with Crippen LogP contribution < -0.4 is 9.64 Å². The molecule has 0 radical (unpaired) electrons. The maximum absolute atomic E-state index is 12.5. The van der Waals surface area contributed by atoms with Crippen molar-refractivity contribution in [2.24, 2.45) is 0 Å². The number of Topliss-reactive ketones (excluding diaryl/α,β-unsaturated/α-hetero) is 1. The van der Waals surface area contributed by atoms with Crippen molar-refractivity contribution >= 4 is 28.2 Å². The molecule has 0 spiro atoms. The molecule has 0 aliphatic carbocycles. The van der Waals surface area contributed by atoms with E-state index in [0.717, 1.165) is 0 Å². The van der Waals surface area contributed by atoms with Crippen molar-refractivity contribution in [2.75, 3.05) is 12.0 Å². The van der Waals surface area contributed by atoms with Crippen molar-refractivity contribution in [3.8, 4) is 11.5 Å². The number of phenols is 1. The fourth-order valence-electron chi connectivity index (χ4n) is 2.68. The molecule has 1 aromatic carbocycles. The Hall–Kier alpha value is -2.87. The number of amides is 1. The minimum Gasteiger partial charge on any atom is -0.504 e. The van der Waals surface area contributed by atoms with Crippen LogP contribution in [0.1, 0.15) is 18.5 Å². The Morgan fingerprint density at radius 3 is 2.71 bits per heavy atom. The summed E-state index contributed by atoms with van der Waals surface area (Å²) in [6, 6.07) is 3.66. The molecule has 7 nitrogen and oxygen atoms in total. The normalized spacial score (nSPS) is 17.5. The molecule has 1 aliphatic heterocycles. The van der Waals surface area contributed by atoms with Gasteiger partial charge in [-0.15, -0.1) is 11.3 Å². The summed E-state index contributed by atoms with van der Waals surface area (Å²) in [4.78, 5) is 29.9. The number of aliphatic hydroxyl groups is 1. The van der Waals surface area contributed by atoms with Crippen LogP contribution in [0.15, 0.2) is 41.1 Å². The predicted molar refractivity (Wildman–Crippen MR) is 87.3 cm³/mol. The number of aromatic nitrogens is 1. The van der Waals surface area contributed by atoms with Gasteiger partial charge in [0, 0.05) is 11.6 Å². The van der Waals surface area contributed by atoms with Crippen LogP contribution in [0.25, 0.3) is 0 Å². The van der Waals surface area contributed by atoms with Crippen LogP contribution in [0.5, 0.6) is 11.5 Å². The Balaban J connectivity index is 2.19. The molecule has 124 valence electrons. The lowest BCUT2D eigenvalue weighted by Crippen LogP contribution is -2.30. The molecule has 0 bridgehead atoms. The summed E-state index contributed by atoms with van der Waals surface area (Å²) < 4.78 is 5.09. The van der Waals surface area contributed by atoms with Crippen molar-refractivity contribution < 1.29 is 24.5 Å². The van der Waals surface area contributed by atoms with Crippen LogP contribution in [0.2, 0.25) is 0 Å². The van der Waals surface area contributed by atoms with Gasteiger partial charge in [0.05, 0.1) is 18.7 Å². The number of carbonyl (C=O) groups excluding carboxylic acids is 2. The number of hydrogen-bond acceptors (Lipinski definition) is 7. The number of methoxy groups -OCH3 is 1. The molecule has 0 saturated heterocycles. The summed E-state index contributed by atoms with van der Waals surface area (Å²) in [5.74, 6) is -1.56. The number of rotatable bonds is 4. The Bertz CT molecular complexity index is 844. The maximum Gasteiger partial charge on any atom is 0.296 e. The molecule has 8 heteroatoms. The number of aliphatic hydroxyl groups excluding tert-OH is 1. The van der Waals surface area contributed by atoms with Crippen molar-refractivity contribution in [2.45, 2.75) is 13.0 Å². The van der Waals surface area contributed by atoms with Crippen LogP contribution in [0.3, 0.4) is 0 Å². The van der Waals surface area contributed by atoms with E-state index < -0.39 is 23.5 Å². The average Bonchev–Trinajstić information content (AvgIpc) is 3.15. The molecule has 3 rings (SSSR count). The van der Waals surface area contributed by atoms with E-state index in [0.29, 0.717) is 10.7 Å². The first-order chi connectivity index (χ1) is 11.5. The van der Waals surface area contributed by atoms with Crippen LogP contribution in [0, 0.1) is 0 Å². The lowest BCUT2D eigenvalue weighted by atomic mass is 9.96. The number of hydrogen-bond donors (Lipinski definition) is 2. The number of anilines is 1. The van der Waals surface area contributed by atoms with Crippen molar-refractivity contribution in [3.63, 3.8) is 0 Å². The van der Waals surface area contributed by atoms with E-state index in [1.807, 2.05) is 0 Å². The largest absolute Gasteiger partial charge is 0.504 e. The highest BCUT2D eigenvalue weighted by atomic mass is 32.1. The average molecular weight is 346 g/mol. The lowest BCUT2D eigenvalue weighted by molar-refractivity contribution is -0.117. The molecule has 2 N–H and O–H groups in total. The minimum absolute atomic E-state index is 0.0112. The second-order valence-corrected chi connectivity index (χ2v) is 6.02. The monoisotopic (exact) mass is 346 g/mol. The summed E-state index contributed by atoms with van der Waals surface area (Å²) in [6.45, 7) is 1.29. The highest BCUT2D eigenvalue weighted by molar-refractivity contribution is 7.13. The van der Waals surface area contributed by atoms with E-state index in [-0.39, 0.29) is 17.1 Å². The fraction of sp³-hybridized carbons (Fsp3) is 0.188. The third kappa shape index (κ3) is 2.41. The van der Waals surface area contributed by atoms with Crippen molar-refractivity contribution in [1.82, 2.24) is 4.98 Å². The van der Waals surface area contributed by atoms with Gasteiger partial charge in [0.15, 0.2) is 28.2 Å².